The molecule has 0 spiro atoms. The molecular formula is C18H17FN2O2. The molecule has 2 N–H and O–H groups in total. The van der Waals surface area contributed by atoms with Crippen molar-refractivity contribution in [2.75, 3.05) is 10.6 Å². The minimum atomic E-state index is -0.562. The Kier molecular flexibility index (Phi) is 5.25. The Morgan fingerprint density at radius 2 is 1.74 bits per heavy atom. The van der Waals surface area contributed by atoms with E-state index in [-0.39, 0.29) is 17.5 Å². The SMILES string of the molecule is CC(=O)Nc1cc(NC(=O)/C=C/c2ccc(C)cc2)ccc1F. The minimum absolute atomic E-state index is 0.0258. The summed E-state index contributed by atoms with van der Waals surface area (Å²) in [7, 11) is 0. The van der Waals surface area contributed by atoms with Crippen molar-refractivity contribution in [2.45, 2.75) is 13.8 Å². The molecule has 0 bridgehead atoms. The summed E-state index contributed by atoms with van der Waals surface area (Å²) in [6.07, 6.45) is 3.08. The molecule has 5 heteroatoms. The van der Waals surface area contributed by atoms with Gasteiger partial charge in [0.2, 0.25) is 11.8 Å². The summed E-state index contributed by atoms with van der Waals surface area (Å²) < 4.78 is 13.5. The Bertz CT molecular complexity index is 752. The predicted molar refractivity (Wildman–Crippen MR) is 89.5 cm³/mol. The molecule has 2 amide bonds. The second-order valence-corrected chi connectivity index (χ2v) is 5.11. The molecule has 0 atom stereocenters. The highest BCUT2D eigenvalue weighted by atomic mass is 19.1. The Hall–Kier alpha value is -2.95. The van der Waals surface area contributed by atoms with Crippen molar-refractivity contribution in [2.24, 2.45) is 0 Å². The first-order valence-corrected chi connectivity index (χ1v) is 7.07. The first-order chi connectivity index (χ1) is 10.9. The van der Waals surface area contributed by atoms with E-state index in [1.54, 1.807) is 6.08 Å². The third kappa shape index (κ3) is 5.07. The molecule has 2 aromatic carbocycles. The van der Waals surface area contributed by atoms with Crippen LogP contribution in [0.15, 0.2) is 48.5 Å². The molecule has 0 saturated heterocycles. The van der Waals surface area contributed by atoms with E-state index in [1.165, 1.54) is 31.2 Å². The van der Waals surface area contributed by atoms with Crippen LogP contribution < -0.4 is 10.6 Å². The fourth-order valence-corrected chi connectivity index (χ4v) is 1.92. The van der Waals surface area contributed by atoms with E-state index in [2.05, 4.69) is 10.6 Å². The number of hydrogen-bond donors (Lipinski definition) is 2. The number of hydrogen-bond acceptors (Lipinski definition) is 2. The number of rotatable bonds is 4. The number of carbonyl (C=O) groups is 2. The largest absolute Gasteiger partial charge is 0.324 e. The molecule has 2 rings (SSSR count). The van der Waals surface area contributed by atoms with Crippen molar-refractivity contribution in [1.29, 1.82) is 0 Å². The molecule has 0 aromatic heterocycles. The summed E-state index contributed by atoms with van der Waals surface area (Å²) in [6, 6.07) is 11.7. The summed E-state index contributed by atoms with van der Waals surface area (Å²) in [6.45, 7) is 3.27. The third-order valence-electron chi connectivity index (χ3n) is 3.05. The third-order valence-corrected chi connectivity index (χ3v) is 3.05. The van der Waals surface area contributed by atoms with E-state index >= 15 is 0 Å². The van der Waals surface area contributed by atoms with E-state index in [0.717, 1.165) is 11.1 Å². The Morgan fingerprint density at radius 1 is 1.04 bits per heavy atom. The summed E-state index contributed by atoms with van der Waals surface area (Å²) in [5, 5.41) is 4.99. The number of nitrogens with one attached hydrogen (secondary N) is 2. The average molecular weight is 312 g/mol. The fraction of sp³-hybridized carbons (Fsp3) is 0.111. The van der Waals surface area contributed by atoms with Crippen molar-refractivity contribution >= 4 is 29.3 Å². The second-order valence-electron chi connectivity index (χ2n) is 5.11. The molecular weight excluding hydrogens is 295 g/mol. The summed E-state index contributed by atoms with van der Waals surface area (Å²) >= 11 is 0. The van der Waals surface area contributed by atoms with Gasteiger partial charge in [-0.3, -0.25) is 9.59 Å². The highest BCUT2D eigenvalue weighted by molar-refractivity contribution is 6.02. The van der Waals surface area contributed by atoms with Crippen LogP contribution in [0.25, 0.3) is 6.08 Å². The van der Waals surface area contributed by atoms with Crippen molar-refractivity contribution in [3.05, 3.63) is 65.5 Å². The fourth-order valence-electron chi connectivity index (χ4n) is 1.92. The van der Waals surface area contributed by atoms with Crippen LogP contribution in [0, 0.1) is 12.7 Å². The number of aryl methyl sites for hydroxylation is 1. The van der Waals surface area contributed by atoms with Crippen LogP contribution in [0.5, 0.6) is 0 Å². The molecule has 0 unspecified atom stereocenters. The lowest BCUT2D eigenvalue weighted by atomic mass is 10.1. The van der Waals surface area contributed by atoms with Crippen molar-refractivity contribution in [3.63, 3.8) is 0 Å². The van der Waals surface area contributed by atoms with Crippen LogP contribution in [0.3, 0.4) is 0 Å². The number of benzene rings is 2. The maximum atomic E-state index is 13.5. The Labute approximate surface area is 134 Å². The van der Waals surface area contributed by atoms with E-state index in [1.807, 2.05) is 31.2 Å². The zero-order valence-electron chi connectivity index (χ0n) is 12.9. The van der Waals surface area contributed by atoms with Gasteiger partial charge in [-0.05, 0) is 36.8 Å². The quantitative estimate of drug-likeness (QED) is 0.845. The second kappa shape index (κ2) is 7.35. The van der Waals surface area contributed by atoms with Gasteiger partial charge >= 0.3 is 0 Å². The highest BCUT2D eigenvalue weighted by Crippen LogP contribution is 2.19. The van der Waals surface area contributed by atoms with E-state index < -0.39 is 5.82 Å². The molecule has 0 saturated carbocycles. The highest BCUT2D eigenvalue weighted by Gasteiger charge is 2.06. The van der Waals surface area contributed by atoms with Crippen molar-refractivity contribution in [1.82, 2.24) is 0 Å². The van der Waals surface area contributed by atoms with Crippen molar-refractivity contribution < 1.29 is 14.0 Å². The van der Waals surface area contributed by atoms with Gasteiger partial charge in [0.05, 0.1) is 5.69 Å². The van der Waals surface area contributed by atoms with Gasteiger partial charge in [0.15, 0.2) is 0 Å². The topological polar surface area (TPSA) is 58.2 Å². The Morgan fingerprint density at radius 3 is 2.39 bits per heavy atom. The molecule has 4 nitrogen and oxygen atoms in total. The van der Waals surface area contributed by atoms with Gasteiger partial charge in [0.25, 0.3) is 0 Å². The van der Waals surface area contributed by atoms with Crippen LogP contribution in [0.4, 0.5) is 15.8 Å². The van der Waals surface area contributed by atoms with Crippen LogP contribution >= 0.6 is 0 Å². The van der Waals surface area contributed by atoms with Gasteiger partial charge in [-0.25, -0.2) is 4.39 Å². The van der Waals surface area contributed by atoms with Crippen LogP contribution in [-0.2, 0) is 9.59 Å². The molecule has 0 aliphatic rings. The molecule has 23 heavy (non-hydrogen) atoms. The maximum Gasteiger partial charge on any atom is 0.248 e. The van der Waals surface area contributed by atoms with Gasteiger partial charge in [-0.15, -0.1) is 0 Å². The lowest BCUT2D eigenvalue weighted by Gasteiger charge is -2.07. The molecule has 0 heterocycles. The van der Waals surface area contributed by atoms with Crippen molar-refractivity contribution in [3.8, 4) is 0 Å². The first-order valence-electron chi connectivity index (χ1n) is 7.07. The van der Waals surface area contributed by atoms with Gasteiger partial charge < -0.3 is 10.6 Å². The molecule has 118 valence electrons. The molecule has 0 aliphatic carbocycles. The number of carbonyl (C=O) groups excluding carboxylic acids is 2. The van der Waals surface area contributed by atoms with Gasteiger partial charge in [-0.2, -0.15) is 0 Å². The average Bonchev–Trinajstić information content (AvgIpc) is 2.49. The van der Waals surface area contributed by atoms with Gasteiger partial charge in [0.1, 0.15) is 5.82 Å². The summed E-state index contributed by atoms with van der Waals surface area (Å²) in [5.41, 5.74) is 2.47. The van der Waals surface area contributed by atoms with Crippen LogP contribution in [0.2, 0.25) is 0 Å². The lowest BCUT2D eigenvalue weighted by Crippen LogP contribution is -2.10. The molecule has 2 aromatic rings. The summed E-state index contributed by atoms with van der Waals surface area (Å²) in [4.78, 5) is 22.9. The Balaban J connectivity index is 2.05. The lowest BCUT2D eigenvalue weighted by molar-refractivity contribution is -0.114. The van der Waals surface area contributed by atoms with Crippen LogP contribution in [0.1, 0.15) is 18.1 Å². The molecule has 0 aliphatic heterocycles. The van der Waals surface area contributed by atoms with Gasteiger partial charge in [0, 0.05) is 18.7 Å². The predicted octanol–water partition coefficient (Wildman–Crippen LogP) is 3.74. The summed E-state index contributed by atoms with van der Waals surface area (Å²) in [5.74, 6) is -1.29. The monoisotopic (exact) mass is 312 g/mol. The number of halogens is 1. The first kappa shape index (κ1) is 16.4. The number of amides is 2. The zero-order chi connectivity index (χ0) is 16.8. The molecule has 0 radical (unpaired) electrons. The van der Waals surface area contributed by atoms with Gasteiger partial charge in [-0.1, -0.05) is 29.8 Å². The standard InChI is InChI=1S/C18H17FN2O2/c1-12-3-5-14(6-4-12)7-10-18(23)21-15-8-9-16(19)17(11-15)20-13(2)22/h3-11H,1-2H3,(H,20,22)(H,21,23)/b10-7+. The number of anilines is 2. The maximum absolute atomic E-state index is 13.5. The van der Waals surface area contributed by atoms with Crippen LogP contribution in [-0.4, -0.2) is 11.8 Å². The normalized spacial score (nSPS) is 10.6. The van der Waals surface area contributed by atoms with E-state index in [0.29, 0.717) is 5.69 Å². The van der Waals surface area contributed by atoms with E-state index in [9.17, 15) is 14.0 Å². The van der Waals surface area contributed by atoms with E-state index in [4.69, 9.17) is 0 Å². The zero-order valence-corrected chi connectivity index (χ0v) is 12.9. The minimum Gasteiger partial charge on any atom is -0.324 e. The smallest absolute Gasteiger partial charge is 0.248 e. The molecule has 0 fully saturated rings.